The van der Waals surface area contributed by atoms with Gasteiger partial charge in [0.15, 0.2) is 5.82 Å². The van der Waals surface area contributed by atoms with Gasteiger partial charge in [0.25, 0.3) is 0 Å². The Morgan fingerprint density at radius 2 is 1.90 bits per heavy atom. The number of rotatable bonds is 4. The van der Waals surface area contributed by atoms with Gasteiger partial charge in [-0.15, -0.1) is 5.10 Å². The van der Waals surface area contributed by atoms with Gasteiger partial charge in [-0.25, -0.2) is 0 Å². The molecule has 1 aromatic heterocycles. The van der Waals surface area contributed by atoms with Crippen molar-refractivity contribution in [2.24, 2.45) is 0 Å². The predicted molar refractivity (Wildman–Crippen MR) is 81.2 cm³/mol. The molecule has 0 aliphatic carbocycles. The van der Waals surface area contributed by atoms with Gasteiger partial charge in [0, 0.05) is 33.2 Å². The minimum Gasteiger partial charge on any atom is -0.373 e. The summed E-state index contributed by atoms with van der Waals surface area (Å²) < 4.78 is 5.76. The number of anilines is 1. The van der Waals surface area contributed by atoms with E-state index < -0.39 is 0 Å². The monoisotopic (exact) mass is 278 g/mol. The zero-order valence-corrected chi connectivity index (χ0v) is 13.3. The second-order valence-electron chi connectivity index (χ2n) is 5.91. The average molecular weight is 278 g/mol. The molecule has 0 amide bonds. The highest BCUT2D eigenvalue weighted by Gasteiger charge is 2.22. The standard InChI is InChI=1S/C15H26N4O/c1-11-8-15(17-16-14(11)4)18(5)6-7-19-9-12(2)20-13(3)10-19/h8,12-13H,6-7,9-10H2,1-5H3/t12-,13+. The van der Waals surface area contributed by atoms with Gasteiger partial charge >= 0.3 is 0 Å². The predicted octanol–water partition coefficient (Wildman–Crippen LogP) is 1.64. The molecule has 0 N–H and O–H groups in total. The normalized spacial score (nSPS) is 23.9. The van der Waals surface area contributed by atoms with E-state index in [1.54, 1.807) is 0 Å². The Bertz CT molecular complexity index is 441. The average Bonchev–Trinajstić information content (AvgIpc) is 2.38. The van der Waals surface area contributed by atoms with Gasteiger partial charge in [0.2, 0.25) is 0 Å². The Morgan fingerprint density at radius 1 is 1.25 bits per heavy atom. The quantitative estimate of drug-likeness (QED) is 0.837. The fourth-order valence-electron chi connectivity index (χ4n) is 2.59. The highest BCUT2D eigenvalue weighted by atomic mass is 16.5. The summed E-state index contributed by atoms with van der Waals surface area (Å²) in [6.07, 6.45) is 0.649. The minimum absolute atomic E-state index is 0.325. The van der Waals surface area contributed by atoms with E-state index in [0.29, 0.717) is 12.2 Å². The van der Waals surface area contributed by atoms with Crippen LogP contribution in [0.25, 0.3) is 0 Å². The lowest BCUT2D eigenvalue weighted by Gasteiger charge is -2.36. The smallest absolute Gasteiger partial charge is 0.151 e. The molecule has 5 nitrogen and oxygen atoms in total. The van der Waals surface area contributed by atoms with Gasteiger partial charge in [-0.3, -0.25) is 4.90 Å². The van der Waals surface area contributed by atoms with Gasteiger partial charge in [-0.2, -0.15) is 5.10 Å². The van der Waals surface area contributed by atoms with E-state index in [4.69, 9.17) is 4.74 Å². The highest BCUT2D eigenvalue weighted by molar-refractivity contribution is 5.39. The molecule has 0 radical (unpaired) electrons. The molecule has 0 bridgehead atoms. The number of nitrogens with zero attached hydrogens (tertiary/aromatic N) is 4. The van der Waals surface area contributed by atoms with Crippen molar-refractivity contribution in [3.63, 3.8) is 0 Å². The van der Waals surface area contributed by atoms with Crippen molar-refractivity contribution >= 4 is 5.82 Å². The molecule has 112 valence electrons. The summed E-state index contributed by atoms with van der Waals surface area (Å²) >= 11 is 0. The molecule has 1 aliphatic rings. The lowest BCUT2D eigenvalue weighted by atomic mass is 10.2. The molecule has 2 rings (SSSR count). The number of aromatic nitrogens is 2. The first kappa shape index (κ1) is 15.2. The van der Waals surface area contributed by atoms with Crippen LogP contribution in [0.5, 0.6) is 0 Å². The Kier molecular flexibility index (Phi) is 4.94. The second-order valence-corrected chi connectivity index (χ2v) is 5.91. The van der Waals surface area contributed by atoms with E-state index in [-0.39, 0.29) is 0 Å². The van der Waals surface area contributed by atoms with Crippen molar-refractivity contribution in [3.05, 3.63) is 17.3 Å². The van der Waals surface area contributed by atoms with Crippen molar-refractivity contribution in [2.45, 2.75) is 39.9 Å². The molecule has 1 aromatic rings. The van der Waals surface area contributed by atoms with Crippen LogP contribution in [0.15, 0.2) is 6.07 Å². The number of aryl methyl sites for hydroxylation is 2. The van der Waals surface area contributed by atoms with E-state index in [9.17, 15) is 0 Å². The van der Waals surface area contributed by atoms with Crippen LogP contribution in [0.2, 0.25) is 0 Å². The zero-order chi connectivity index (χ0) is 14.7. The third-order valence-electron chi connectivity index (χ3n) is 3.86. The van der Waals surface area contributed by atoms with Crippen molar-refractivity contribution in [3.8, 4) is 0 Å². The minimum atomic E-state index is 0.325. The molecule has 0 aromatic carbocycles. The first-order valence-electron chi connectivity index (χ1n) is 7.35. The molecule has 20 heavy (non-hydrogen) atoms. The molecule has 0 unspecified atom stereocenters. The van der Waals surface area contributed by atoms with Crippen molar-refractivity contribution in [2.75, 3.05) is 38.1 Å². The summed E-state index contributed by atoms with van der Waals surface area (Å²) in [6.45, 7) is 12.4. The van der Waals surface area contributed by atoms with Crippen LogP contribution in [0.4, 0.5) is 5.82 Å². The van der Waals surface area contributed by atoms with Crippen LogP contribution in [-0.4, -0.2) is 60.5 Å². The molecule has 0 saturated carbocycles. The molecule has 5 heteroatoms. The largest absolute Gasteiger partial charge is 0.373 e. The molecular formula is C15H26N4O. The highest BCUT2D eigenvalue weighted by Crippen LogP contribution is 2.13. The number of ether oxygens (including phenoxy) is 1. The molecule has 2 atom stereocenters. The van der Waals surface area contributed by atoms with Crippen LogP contribution >= 0.6 is 0 Å². The van der Waals surface area contributed by atoms with Crippen LogP contribution in [0.3, 0.4) is 0 Å². The van der Waals surface area contributed by atoms with E-state index in [1.807, 2.05) is 6.92 Å². The molecule has 1 fully saturated rings. The van der Waals surface area contributed by atoms with E-state index in [0.717, 1.165) is 37.7 Å². The van der Waals surface area contributed by atoms with Gasteiger partial charge in [0.1, 0.15) is 0 Å². The Morgan fingerprint density at radius 3 is 2.50 bits per heavy atom. The lowest BCUT2D eigenvalue weighted by molar-refractivity contribution is -0.0670. The van der Waals surface area contributed by atoms with Crippen LogP contribution in [-0.2, 0) is 4.74 Å². The number of likely N-dealkylation sites (N-methyl/N-ethyl adjacent to an activating group) is 1. The summed E-state index contributed by atoms with van der Waals surface area (Å²) in [6, 6.07) is 2.10. The molecule has 2 heterocycles. The summed E-state index contributed by atoms with van der Waals surface area (Å²) in [5.74, 6) is 0.947. The first-order chi connectivity index (χ1) is 9.45. The Labute approximate surface area is 121 Å². The third kappa shape index (κ3) is 3.90. The third-order valence-corrected chi connectivity index (χ3v) is 3.86. The summed E-state index contributed by atoms with van der Waals surface area (Å²) in [7, 11) is 2.08. The van der Waals surface area contributed by atoms with E-state index in [1.165, 1.54) is 5.56 Å². The number of hydrogen-bond donors (Lipinski definition) is 0. The van der Waals surface area contributed by atoms with Crippen molar-refractivity contribution < 1.29 is 4.74 Å². The van der Waals surface area contributed by atoms with Gasteiger partial charge in [-0.05, 0) is 39.3 Å². The maximum absolute atomic E-state index is 5.76. The fourth-order valence-corrected chi connectivity index (χ4v) is 2.59. The van der Waals surface area contributed by atoms with Gasteiger partial charge in [0.05, 0.1) is 17.9 Å². The summed E-state index contributed by atoms with van der Waals surface area (Å²) in [4.78, 5) is 4.63. The maximum atomic E-state index is 5.76. The lowest BCUT2D eigenvalue weighted by Crippen LogP contribution is -2.47. The van der Waals surface area contributed by atoms with Gasteiger partial charge < -0.3 is 9.64 Å². The molecule has 1 aliphatic heterocycles. The van der Waals surface area contributed by atoms with Crippen LogP contribution < -0.4 is 4.90 Å². The number of hydrogen-bond acceptors (Lipinski definition) is 5. The maximum Gasteiger partial charge on any atom is 0.151 e. The SMILES string of the molecule is Cc1cc(N(C)CCN2C[C@@H](C)O[C@@H](C)C2)nnc1C. The fraction of sp³-hybridized carbons (Fsp3) is 0.733. The first-order valence-corrected chi connectivity index (χ1v) is 7.35. The van der Waals surface area contributed by atoms with Gasteiger partial charge in [-0.1, -0.05) is 0 Å². The topological polar surface area (TPSA) is 41.5 Å². The molecular weight excluding hydrogens is 252 g/mol. The van der Waals surface area contributed by atoms with E-state index >= 15 is 0 Å². The van der Waals surface area contributed by atoms with Crippen LogP contribution in [0.1, 0.15) is 25.1 Å². The second kappa shape index (κ2) is 6.50. The Balaban J connectivity index is 1.88. The van der Waals surface area contributed by atoms with E-state index in [2.05, 4.69) is 53.9 Å². The summed E-state index contributed by atoms with van der Waals surface area (Å²) in [5.41, 5.74) is 2.19. The summed E-state index contributed by atoms with van der Waals surface area (Å²) in [5, 5.41) is 8.46. The number of morpholine rings is 1. The zero-order valence-electron chi connectivity index (χ0n) is 13.3. The van der Waals surface area contributed by atoms with Crippen LogP contribution in [0, 0.1) is 13.8 Å². The molecule has 0 spiro atoms. The van der Waals surface area contributed by atoms with Crippen molar-refractivity contribution in [1.29, 1.82) is 0 Å². The van der Waals surface area contributed by atoms with Crippen molar-refractivity contribution in [1.82, 2.24) is 15.1 Å². The molecule has 1 saturated heterocycles. The Hall–Kier alpha value is -1.20.